The molecule has 3 nitrogen and oxygen atoms in total. The second-order valence-electron chi connectivity index (χ2n) is 4.65. The molecule has 0 saturated heterocycles. The summed E-state index contributed by atoms with van der Waals surface area (Å²) in [7, 11) is 0. The van der Waals surface area contributed by atoms with Gasteiger partial charge in [0.15, 0.2) is 0 Å². The highest BCUT2D eigenvalue weighted by atomic mass is 19.4. The van der Waals surface area contributed by atoms with Crippen LogP contribution >= 0.6 is 0 Å². The molecule has 0 aromatic heterocycles. The van der Waals surface area contributed by atoms with Gasteiger partial charge in [0.2, 0.25) is 0 Å². The number of benzene rings is 1. The van der Waals surface area contributed by atoms with Crippen LogP contribution in [0.25, 0.3) is 0 Å². The van der Waals surface area contributed by atoms with Crippen molar-refractivity contribution in [2.45, 2.75) is 30.9 Å². The number of aliphatic carboxylic acids is 1. The summed E-state index contributed by atoms with van der Waals surface area (Å²) in [5, 5.41) is 9.31. The number of hydrogen-bond acceptors (Lipinski definition) is 2. The average molecular weight is 272 g/mol. The van der Waals surface area contributed by atoms with E-state index in [1.807, 2.05) is 0 Å². The number of carbonyl (C=O) groups excluding carboxylic acids is 1. The highest BCUT2D eigenvalue weighted by Gasteiger charge is 2.50. The van der Waals surface area contributed by atoms with Crippen molar-refractivity contribution in [2.24, 2.45) is 0 Å². The number of ketones is 1. The molecule has 0 radical (unpaired) electrons. The van der Waals surface area contributed by atoms with Crippen molar-refractivity contribution >= 4 is 11.8 Å². The SMILES string of the molecule is O=C1CCC(C(=O)O)(c2ccccc2C(F)(F)F)C1. The molecule has 0 spiro atoms. The molecule has 0 amide bonds. The van der Waals surface area contributed by atoms with Crippen LogP contribution in [0.2, 0.25) is 0 Å². The highest BCUT2D eigenvalue weighted by molar-refractivity contribution is 5.94. The first-order chi connectivity index (χ1) is 8.77. The van der Waals surface area contributed by atoms with Gasteiger partial charge in [-0.25, -0.2) is 0 Å². The lowest BCUT2D eigenvalue weighted by Crippen LogP contribution is -2.35. The summed E-state index contributed by atoms with van der Waals surface area (Å²) >= 11 is 0. The van der Waals surface area contributed by atoms with Crippen molar-refractivity contribution < 1.29 is 27.9 Å². The van der Waals surface area contributed by atoms with E-state index in [1.165, 1.54) is 12.1 Å². The van der Waals surface area contributed by atoms with Gasteiger partial charge in [-0.2, -0.15) is 13.2 Å². The normalized spacial score (nSPS) is 23.6. The monoisotopic (exact) mass is 272 g/mol. The molecule has 1 saturated carbocycles. The molecule has 1 atom stereocenters. The first kappa shape index (κ1) is 13.6. The first-order valence-corrected chi connectivity index (χ1v) is 5.69. The lowest BCUT2D eigenvalue weighted by molar-refractivity contribution is -0.146. The second kappa shape index (κ2) is 4.36. The minimum Gasteiger partial charge on any atom is -0.481 e. The molecule has 0 heterocycles. The van der Waals surface area contributed by atoms with E-state index in [1.54, 1.807) is 0 Å². The summed E-state index contributed by atoms with van der Waals surface area (Å²) in [4.78, 5) is 22.8. The van der Waals surface area contributed by atoms with Crippen molar-refractivity contribution in [3.63, 3.8) is 0 Å². The maximum Gasteiger partial charge on any atom is 0.416 e. The fourth-order valence-electron chi connectivity index (χ4n) is 2.54. The fraction of sp³-hybridized carbons (Fsp3) is 0.385. The largest absolute Gasteiger partial charge is 0.481 e. The van der Waals surface area contributed by atoms with Crippen LogP contribution in [0.3, 0.4) is 0 Å². The molecule has 1 aromatic carbocycles. The summed E-state index contributed by atoms with van der Waals surface area (Å²) < 4.78 is 38.9. The molecule has 0 bridgehead atoms. The van der Waals surface area contributed by atoms with Gasteiger partial charge in [0.25, 0.3) is 0 Å². The number of carboxylic acids is 1. The van der Waals surface area contributed by atoms with E-state index in [0.29, 0.717) is 0 Å². The lowest BCUT2D eigenvalue weighted by atomic mass is 9.76. The molecule has 0 aliphatic heterocycles. The Bertz CT molecular complexity index is 536. The Labute approximate surface area is 107 Å². The third-order valence-corrected chi connectivity index (χ3v) is 3.49. The van der Waals surface area contributed by atoms with E-state index in [9.17, 15) is 27.9 Å². The smallest absolute Gasteiger partial charge is 0.416 e. The molecule has 1 unspecified atom stereocenters. The number of Topliss-reactive ketones (excluding diaryl/α,β-unsaturated/α-hetero) is 1. The van der Waals surface area contributed by atoms with E-state index in [-0.39, 0.29) is 30.6 Å². The number of hydrogen-bond donors (Lipinski definition) is 1. The number of carboxylic acid groups (broad SMARTS) is 1. The molecule has 19 heavy (non-hydrogen) atoms. The predicted octanol–water partition coefficient (Wildman–Crippen LogP) is 2.78. The van der Waals surface area contributed by atoms with E-state index in [4.69, 9.17) is 0 Å². The van der Waals surface area contributed by atoms with Crippen molar-refractivity contribution in [1.82, 2.24) is 0 Å². The molecular formula is C13H11F3O3. The molecule has 1 N–H and O–H groups in total. The molecule has 1 fully saturated rings. The summed E-state index contributed by atoms with van der Waals surface area (Å²) in [5.41, 5.74) is -3.05. The Morgan fingerprint density at radius 1 is 1.26 bits per heavy atom. The minimum absolute atomic E-state index is 0.00150. The van der Waals surface area contributed by atoms with Gasteiger partial charge in [0.1, 0.15) is 11.2 Å². The lowest BCUT2D eigenvalue weighted by Gasteiger charge is -2.26. The van der Waals surface area contributed by atoms with Gasteiger partial charge < -0.3 is 5.11 Å². The molecule has 6 heteroatoms. The van der Waals surface area contributed by atoms with Crippen LogP contribution in [0.1, 0.15) is 30.4 Å². The van der Waals surface area contributed by atoms with Gasteiger partial charge >= 0.3 is 12.1 Å². The zero-order valence-corrected chi connectivity index (χ0v) is 9.83. The summed E-state index contributed by atoms with van der Waals surface area (Å²) in [5.74, 6) is -1.70. The zero-order valence-electron chi connectivity index (χ0n) is 9.83. The van der Waals surface area contributed by atoms with Gasteiger partial charge in [-0.05, 0) is 18.1 Å². The van der Waals surface area contributed by atoms with Crippen LogP contribution in [0.5, 0.6) is 0 Å². The van der Waals surface area contributed by atoms with Crippen molar-refractivity contribution in [3.05, 3.63) is 35.4 Å². The maximum absolute atomic E-state index is 13.0. The molecular weight excluding hydrogens is 261 g/mol. The van der Waals surface area contributed by atoms with Gasteiger partial charge in [-0.15, -0.1) is 0 Å². The highest BCUT2D eigenvalue weighted by Crippen LogP contribution is 2.45. The third kappa shape index (κ3) is 2.22. The third-order valence-electron chi connectivity index (χ3n) is 3.49. The molecule has 1 aliphatic carbocycles. The van der Waals surface area contributed by atoms with Crippen molar-refractivity contribution in [1.29, 1.82) is 0 Å². The standard InChI is InChI=1S/C13H11F3O3/c14-13(15,16)10-4-2-1-3-9(10)12(11(18)19)6-5-8(17)7-12/h1-4H,5-7H2,(H,18,19). The van der Waals surface area contributed by atoms with E-state index < -0.39 is 23.1 Å². The second-order valence-corrected chi connectivity index (χ2v) is 4.65. The Balaban J connectivity index is 2.62. The van der Waals surface area contributed by atoms with E-state index in [0.717, 1.165) is 12.1 Å². The minimum atomic E-state index is -4.63. The fourth-order valence-corrected chi connectivity index (χ4v) is 2.54. The number of carbonyl (C=O) groups is 2. The summed E-state index contributed by atoms with van der Waals surface area (Å²) in [6.45, 7) is 0. The quantitative estimate of drug-likeness (QED) is 0.900. The predicted molar refractivity (Wildman–Crippen MR) is 59.6 cm³/mol. The Morgan fingerprint density at radius 2 is 1.89 bits per heavy atom. The maximum atomic E-state index is 13.0. The first-order valence-electron chi connectivity index (χ1n) is 5.69. The van der Waals surface area contributed by atoms with Gasteiger partial charge in [0, 0.05) is 12.8 Å². The van der Waals surface area contributed by atoms with E-state index >= 15 is 0 Å². The van der Waals surface area contributed by atoms with Crippen molar-refractivity contribution in [2.75, 3.05) is 0 Å². The van der Waals surface area contributed by atoms with Crippen LogP contribution in [-0.4, -0.2) is 16.9 Å². The Hall–Kier alpha value is -1.85. The Kier molecular flexibility index (Phi) is 3.12. The van der Waals surface area contributed by atoms with Crippen LogP contribution < -0.4 is 0 Å². The molecule has 1 aromatic rings. The molecule has 102 valence electrons. The average Bonchev–Trinajstić information content (AvgIpc) is 2.72. The number of alkyl halides is 3. The number of rotatable bonds is 2. The molecule has 2 rings (SSSR count). The van der Waals surface area contributed by atoms with Gasteiger partial charge in [-0.1, -0.05) is 18.2 Å². The number of halogens is 3. The van der Waals surface area contributed by atoms with Crippen LogP contribution in [0.4, 0.5) is 13.2 Å². The van der Waals surface area contributed by atoms with Gasteiger partial charge in [0.05, 0.1) is 5.56 Å². The van der Waals surface area contributed by atoms with Crippen LogP contribution in [0, 0.1) is 0 Å². The Morgan fingerprint density at radius 3 is 2.37 bits per heavy atom. The zero-order chi connectivity index (χ0) is 14.3. The van der Waals surface area contributed by atoms with Crippen molar-refractivity contribution in [3.8, 4) is 0 Å². The van der Waals surface area contributed by atoms with Crippen LogP contribution in [-0.2, 0) is 21.2 Å². The topological polar surface area (TPSA) is 54.4 Å². The summed E-state index contributed by atoms with van der Waals surface area (Å²) in [6.07, 6.45) is -5.10. The summed E-state index contributed by atoms with van der Waals surface area (Å²) in [6, 6.07) is 4.56. The van der Waals surface area contributed by atoms with Crippen LogP contribution in [0.15, 0.2) is 24.3 Å². The van der Waals surface area contributed by atoms with E-state index in [2.05, 4.69) is 0 Å². The van der Waals surface area contributed by atoms with Gasteiger partial charge in [-0.3, -0.25) is 9.59 Å². The molecule has 1 aliphatic rings.